The lowest BCUT2D eigenvalue weighted by molar-refractivity contribution is 0.0697. The fourth-order valence-electron chi connectivity index (χ4n) is 3.63. The number of phenols is 2. The van der Waals surface area contributed by atoms with Gasteiger partial charge in [-0.3, -0.25) is 4.79 Å². The van der Waals surface area contributed by atoms with Gasteiger partial charge in [0.1, 0.15) is 22.5 Å². The van der Waals surface area contributed by atoms with Crippen LogP contribution in [0.3, 0.4) is 0 Å². The summed E-state index contributed by atoms with van der Waals surface area (Å²) in [6.45, 7) is 7.63. The van der Waals surface area contributed by atoms with Crippen molar-refractivity contribution < 1.29 is 29.3 Å². The zero-order valence-electron chi connectivity index (χ0n) is 19.9. The van der Waals surface area contributed by atoms with Crippen molar-refractivity contribution in [2.24, 2.45) is 0 Å². The van der Waals surface area contributed by atoms with Gasteiger partial charge in [-0.05, 0) is 52.7 Å². The fourth-order valence-corrected chi connectivity index (χ4v) is 3.63. The van der Waals surface area contributed by atoms with Crippen LogP contribution in [-0.2, 0) is 12.8 Å². The van der Waals surface area contributed by atoms with Crippen LogP contribution in [-0.4, -0.2) is 28.4 Å². The van der Waals surface area contributed by atoms with Crippen molar-refractivity contribution in [1.82, 2.24) is 0 Å². The summed E-state index contributed by atoms with van der Waals surface area (Å²) >= 11 is 0. The number of hydrogen-bond donors (Lipinski definition) is 3. The lowest BCUT2D eigenvalue weighted by Crippen LogP contribution is -2.10. The molecular formula is C27H28O7. The maximum absolute atomic E-state index is 13.5. The molecule has 1 heterocycles. The van der Waals surface area contributed by atoms with Gasteiger partial charge >= 0.3 is 5.97 Å². The van der Waals surface area contributed by atoms with E-state index in [1.165, 1.54) is 31.4 Å². The highest BCUT2D eigenvalue weighted by Crippen LogP contribution is 2.42. The first-order valence-corrected chi connectivity index (χ1v) is 10.8. The standard InChI is InChI=1S/C27H28O7/c1-14(2)6-12-18-21(28)19(13-7-15(3)4)25-20(22(18)29)23(30)26(33-5)24(34-25)16-8-10-17(11-9-16)27(31)32/h6-11,28-29H,12-13H2,1-5H3,(H,31,32). The minimum atomic E-state index is -1.08. The van der Waals surface area contributed by atoms with Crippen molar-refractivity contribution >= 4 is 16.9 Å². The molecule has 3 aromatic rings. The van der Waals surface area contributed by atoms with E-state index in [0.717, 1.165) is 11.1 Å². The fraction of sp³-hybridized carbons (Fsp3) is 0.259. The van der Waals surface area contributed by atoms with Crippen LogP contribution < -0.4 is 10.2 Å². The Morgan fingerprint density at radius 3 is 2.00 bits per heavy atom. The Morgan fingerprint density at radius 1 is 0.941 bits per heavy atom. The summed E-state index contributed by atoms with van der Waals surface area (Å²) in [5, 5.41) is 31.2. The molecule has 7 heteroatoms. The predicted octanol–water partition coefficient (Wildman–Crippen LogP) is 5.60. The molecule has 0 saturated heterocycles. The molecule has 2 aromatic carbocycles. The van der Waals surface area contributed by atoms with Gasteiger partial charge in [0.05, 0.1) is 12.7 Å². The lowest BCUT2D eigenvalue weighted by atomic mass is 9.96. The van der Waals surface area contributed by atoms with Gasteiger partial charge < -0.3 is 24.5 Å². The molecule has 0 aliphatic carbocycles. The molecule has 0 fully saturated rings. The molecule has 0 saturated carbocycles. The molecule has 0 bridgehead atoms. The smallest absolute Gasteiger partial charge is 0.335 e. The van der Waals surface area contributed by atoms with Crippen molar-refractivity contribution in [3.63, 3.8) is 0 Å². The predicted molar refractivity (Wildman–Crippen MR) is 131 cm³/mol. The van der Waals surface area contributed by atoms with Crippen LogP contribution in [0, 0.1) is 0 Å². The summed E-state index contributed by atoms with van der Waals surface area (Å²) in [6, 6.07) is 5.80. The second-order valence-corrected chi connectivity index (χ2v) is 8.51. The Hall–Kier alpha value is -4.00. The Morgan fingerprint density at radius 2 is 1.50 bits per heavy atom. The van der Waals surface area contributed by atoms with Crippen molar-refractivity contribution in [3.8, 4) is 28.6 Å². The summed E-state index contributed by atoms with van der Waals surface area (Å²) < 4.78 is 11.5. The van der Waals surface area contributed by atoms with Gasteiger partial charge in [-0.25, -0.2) is 4.79 Å². The van der Waals surface area contributed by atoms with Crippen LogP contribution in [0.4, 0.5) is 0 Å². The van der Waals surface area contributed by atoms with Crippen LogP contribution >= 0.6 is 0 Å². The van der Waals surface area contributed by atoms with E-state index in [9.17, 15) is 24.9 Å². The van der Waals surface area contributed by atoms with E-state index in [1.807, 2.05) is 39.8 Å². The number of benzene rings is 2. The number of rotatable bonds is 7. The number of aromatic carboxylic acids is 1. The molecule has 0 spiro atoms. The number of carboxylic acid groups (broad SMARTS) is 1. The third-order valence-electron chi connectivity index (χ3n) is 5.47. The molecule has 178 valence electrons. The number of carbonyl (C=O) groups is 1. The van der Waals surface area contributed by atoms with Crippen LogP contribution in [0.2, 0.25) is 0 Å². The second kappa shape index (κ2) is 9.87. The second-order valence-electron chi connectivity index (χ2n) is 8.51. The first kappa shape index (κ1) is 24.6. The third kappa shape index (κ3) is 4.69. The highest BCUT2D eigenvalue weighted by Gasteiger charge is 2.26. The van der Waals surface area contributed by atoms with Gasteiger partial charge in [-0.1, -0.05) is 35.4 Å². The van der Waals surface area contributed by atoms with Crippen molar-refractivity contribution in [2.45, 2.75) is 40.5 Å². The van der Waals surface area contributed by atoms with Gasteiger partial charge in [0.25, 0.3) is 0 Å². The van der Waals surface area contributed by atoms with Gasteiger partial charge in [0.2, 0.25) is 11.2 Å². The van der Waals surface area contributed by atoms with E-state index in [4.69, 9.17) is 9.15 Å². The molecule has 0 aliphatic heterocycles. The van der Waals surface area contributed by atoms with Crippen LogP contribution in [0.15, 0.2) is 56.8 Å². The average Bonchev–Trinajstić information content (AvgIpc) is 2.78. The third-order valence-corrected chi connectivity index (χ3v) is 5.47. The number of carboxylic acids is 1. The maximum Gasteiger partial charge on any atom is 0.335 e. The van der Waals surface area contributed by atoms with E-state index < -0.39 is 11.4 Å². The number of aromatic hydroxyl groups is 2. The van der Waals surface area contributed by atoms with Crippen LogP contribution in [0.1, 0.15) is 49.2 Å². The molecule has 0 radical (unpaired) electrons. The summed E-state index contributed by atoms with van der Waals surface area (Å²) in [5.74, 6) is -1.63. The molecule has 0 unspecified atom stereocenters. The Bertz CT molecular complexity index is 1370. The number of methoxy groups -OCH3 is 1. The number of fused-ring (bicyclic) bond motifs is 1. The number of hydrogen-bond acceptors (Lipinski definition) is 6. The molecular weight excluding hydrogens is 436 g/mol. The Labute approximate surface area is 197 Å². The molecule has 0 aliphatic rings. The quantitative estimate of drug-likeness (QED) is 0.390. The zero-order valence-corrected chi connectivity index (χ0v) is 19.9. The Balaban J connectivity index is 2.42. The van der Waals surface area contributed by atoms with Crippen molar-refractivity contribution in [3.05, 3.63) is 74.5 Å². The molecule has 0 atom stereocenters. The molecule has 0 amide bonds. The van der Waals surface area contributed by atoms with E-state index in [2.05, 4.69) is 0 Å². The summed E-state index contributed by atoms with van der Waals surface area (Å²) in [6.07, 6.45) is 4.25. The average molecular weight is 465 g/mol. The minimum absolute atomic E-state index is 0.0524. The van der Waals surface area contributed by atoms with Crippen molar-refractivity contribution in [2.75, 3.05) is 7.11 Å². The highest BCUT2D eigenvalue weighted by molar-refractivity contribution is 5.93. The molecule has 3 N–H and O–H groups in total. The summed E-state index contributed by atoms with van der Waals surface area (Å²) in [5.41, 5.74) is 2.57. The zero-order chi connectivity index (χ0) is 25.2. The molecule has 34 heavy (non-hydrogen) atoms. The lowest BCUT2D eigenvalue weighted by Gasteiger charge is -2.16. The topological polar surface area (TPSA) is 117 Å². The molecule has 3 rings (SSSR count). The SMILES string of the molecule is COc1c(-c2ccc(C(=O)O)cc2)oc2c(CC=C(C)C)c(O)c(CC=C(C)C)c(O)c2c1=O. The van der Waals surface area contributed by atoms with Gasteiger partial charge in [0, 0.05) is 16.7 Å². The Kier molecular flexibility index (Phi) is 7.15. The summed E-state index contributed by atoms with van der Waals surface area (Å²) in [7, 11) is 1.32. The molecule has 7 nitrogen and oxygen atoms in total. The van der Waals surface area contributed by atoms with E-state index >= 15 is 0 Å². The van der Waals surface area contributed by atoms with E-state index in [-0.39, 0.29) is 57.9 Å². The van der Waals surface area contributed by atoms with Gasteiger partial charge in [-0.15, -0.1) is 0 Å². The first-order chi connectivity index (χ1) is 16.1. The minimum Gasteiger partial charge on any atom is -0.507 e. The number of allylic oxidation sites excluding steroid dienone is 4. The largest absolute Gasteiger partial charge is 0.507 e. The first-order valence-electron chi connectivity index (χ1n) is 10.8. The van der Waals surface area contributed by atoms with Crippen LogP contribution in [0.5, 0.6) is 17.2 Å². The molecule has 1 aromatic heterocycles. The van der Waals surface area contributed by atoms with Crippen molar-refractivity contribution in [1.29, 1.82) is 0 Å². The van der Waals surface area contributed by atoms with E-state index in [1.54, 1.807) is 0 Å². The number of ether oxygens (including phenoxy) is 1. The normalized spacial score (nSPS) is 10.7. The summed E-state index contributed by atoms with van der Waals surface area (Å²) in [4.78, 5) is 24.7. The van der Waals surface area contributed by atoms with E-state index in [0.29, 0.717) is 11.1 Å². The maximum atomic E-state index is 13.5. The van der Waals surface area contributed by atoms with Gasteiger partial charge in [0.15, 0.2) is 5.76 Å². The van der Waals surface area contributed by atoms with Crippen LogP contribution in [0.25, 0.3) is 22.3 Å². The number of phenolic OH excluding ortho intramolecular Hbond substituents is 2. The highest BCUT2D eigenvalue weighted by atomic mass is 16.5. The monoisotopic (exact) mass is 464 g/mol. The van der Waals surface area contributed by atoms with Gasteiger partial charge in [-0.2, -0.15) is 0 Å².